The van der Waals surface area contributed by atoms with Gasteiger partial charge in [0.05, 0.1) is 11.6 Å². The summed E-state index contributed by atoms with van der Waals surface area (Å²) in [5, 5.41) is 9.17. The van der Waals surface area contributed by atoms with E-state index in [2.05, 4.69) is 54.9 Å². The first kappa shape index (κ1) is 17.5. The van der Waals surface area contributed by atoms with E-state index in [1.54, 1.807) is 6.20 Å². The van der Waals surface area contributed by atoms with Crippen molar-refractivity contribution >= 4 is 33.4 Å². The topological polar surface area (TPSA) is 59.3 Å². The second-order valence-electron chi connectivity index (χ2n) is 6.42. The van der Waals surface area contributed by atoms with Crippen LogP contribution in [-0.2, 0) is 0 Å². The molecule has 130 valence electrons. The van der Waals surface area contributed by atoms with Crippen LogP contribution in [0.15, 0.2) is 34.9 Å². The molecule has 3 rings (SSSR count). The van der Waals surface area contributed by atoms with Gasteiger partial charge in [0.25, 0.3) is 0 Å². The average molecular weight is 401 g/mol. The summed E-state index contributed by atoms with van der Waals surface area (Å²) in [6.07, 6.45) is 2.85. The van der Waals surface area contributed by atoms with Crippen molar-refractivity contribution in [1.29, 1.82) is 5.26 Å². The Bertz CT molecular complexity index is 800. The molecule has 7 heteroatoms. The van der Waals surface area contributed by atoms with Gasteiger partial charge in [-0.15, -0.1) is 0 Å². The lowest BCUT2D eigenvalue weighted by atomic mass is 10.2. The molecule has 0 radical (unpaired) electrons. The molecular weight excluding hydrogens is 380 g/mol. The molecule has 0 bridgehead atoms. The van der Waals surface area contributed by atoms with Crippen molar-refractivity contribution in [2.45, 2.75) is 12.5 Å². The average Bonchev–Trinajstić information content (AvgIpc) is 3.10. The van der Waals surface area contributed by atoms with E-state index in [1.165, 1.54) is 0 Å². The standard InChI is InChI=1S/C18H21BrN6/c1-23(2)18-21-6-4-17(22-18)24(3)15-5-7-25(12-15)16-9-13(11-20)8-14(19)10-16/h4,6,8-10,15H,5,7,12H2,1-3H3. The van der Waals surface area contributed by atoms with Crippen LogP contribution in [0.25, 0.3) is 0 Å². The van der Waals surface area contributed by atoms with Gasteiger partial charge in [0, 0.05) is 56.6 Å². The normalized spacial score (nSPS) is 16.6. The van der Waals surface area contributed by atoms with Crippen LogP contribution in [0, 0.1) is 11.3 Å². The van der Waals surface area contributed by atoms with E-state index in [4.69, 9.17) is 0 Å². The van der Waals surface area contributed by atoms with Crippen molar-refractivity contribution in [2.24, 2.45) is 0 Å². The zero-order valence-corrected chi connectivity index (χ0v) is 16.2. The first-order valence-corrected chi connectivity index (χ1v) is 8.96. The smallest absolute Gasteiger partial charge is 0.226 e. The summed E-state index contributed by atoms with van der Waals surface area (Å²) >= 11 is 3.49. The number of aromatic nitrogens is 2. The van der Waals surface area contributed by atoms with Gasteiger partial charge in [-0.05, 0) is 30.7 Å². The summed E-state index contributed by atoms with van der Waals surface area (Å²) < 4.78 is 0.935. The minimum absolute atomic E-state index is 0.370. The molecule has 0 saturated carbocycles. The molecular formula is C18H21BrN6. The van der Waals surface area contributed by atoms with E-state index in [0.29, 0.717) is 17.6 Å². The Hall–Kier alpha value is -2.33. The van der Waals surface area contributed by atoms with Crippen molar-refractivity contribution in [3.05, 3.63) is 40.5 Å². The van der Waals surface area contributed by atoms with Crippen molar-refractivity contribution in [3.8, 4) is 6.07 Å². The highest BCUT2D eigenvalue weighted by molar-refractivity contribution is 9.10. The Morgan fingerprint density at radius 1 is 1.28 bits per heavy atom. The third-order valence-corrected chi connectivity index (χ3v) is 4.94. The van der Waals surface area contributed by atoms with E-state index in [9.17, 15) is 5.26 Å². The molecule has 1 fully saturated rings. The maximum absolute atomic E-state index is 9.17. The lowest BCUT2D eigenvalue weighted by Gasteiger charge is -2.27. The number of nitriles is 1. The van der Waals surface area contributed by atoms with Gasteiger partial charge in [-0.3, -0.25) is 0 Å². The lowest BCUT2D eigenvalue weighted by molar-refractivity contribution is 0.683. The highest BCUT2D eigenvalue weighted by Crippen LogP contribution is 2.28. The monoisotopic (exact) mass is 400 g/mol. The Morgan fingerprint density at radius 3 is 2.80 bits per heavy atom. The van der Waals surface area contributed by atoms with Crippen molar-refractivity contribution in [1.82, 2.24) is 9.97 Å². The molecule has 2 heterocycles. The summed E-state index contributed by atoms with van der Waals surface area (Å²) in [6.45, 7) is 1.86. The van der Waals surface area contributed by atoms with Crippen LogP contribution >= 0.6 is 15.9 Å². The molecule has 25 heavy (non-hydrogen) atoms. The third kappa shape index (κ3) is 3.85. The van der Waals surface area contributed by atoms with Crippen LogP contribution in [0.1, 0.15) is 12.0 Å². The van der Waals surface area contributed by atoms with Crippen LogP contribution in [0.2, 0.25) is 0 Å². The van der Waals surface area contributed by atoms with Gasteiger partial charge in [-0.25, -0.2) is 4.98 Å². The van der Waals surface area contributed by atoms with E-state index >= 15 is 0 Å². The van der Waals surface area contributed by atoms with E-state index in [-0.39, 0.29) is 0 Å². The molecule has 1 atom stereocenters. The van der Waals surface area contributed by atoms with E-state index < -0.39 is 0 Å². The Kier molecular flexibility index (Phi) is 5.09. The number of benzene rings is 1. The van der Waals surface area contributed by atoms with Gasteiger partial charge in [-0.2, -0.15) is 10.2 Å². The fourth-order valence-corrected chi connectivity index (χ4v) is 3.53. The Labute approximate surface area is 156 Å². The summed E-state index contributed by atoms with van der Waals surface area (Å²) in [5.74, 6) is 1.64. The number of halogens is 1. The second-order valence-corrected chi connectivity index (χ2v) is 7.33. The molecule has 6 nitrogen and oxygen atoms in total. The highest BCUT2D eigenvalue weighted by Gasteiger charge is 2.27. The minimum Gasteiger partial charge on any atom is -0.369 e. The summed E-state index contributed by atoms with van der Waals surface area (Å²) in [5.41, 5.74) is 1.76. The highest BCUT2D eigenvalue weighted by atomic mass is 79.9. The summed E-state index contributed by atoms with van der Waals surface area (Å²) in [6, 6.07) is 10.4. The fourth-order valence-electron chi connectivity index (χ4n) is 3.05. The summed E-state index contributed by atoms with van der Waals surface area (Å²) in [7, 11) is 5.96. The van der Waals surface area contributed by atoms with E-state index in [1.807, 2.05) is 37.2 Å². The van der Waals surface area contributed by atoms with Crippen LogP contribution in [-0.4, -0.2) is 50.2 Å². The fraction of sp³-hybridized carbons (Fsp3) is 0.389. The maximum atomic E-state index is 9.17. The largest absolute Gasteiger partial charge is 0.369 e. The Morgan fingerprint density at radius 2 is 2.08 bits per heavy atom. The Balaban J connectivity index is 1.75. The molecule has 1 aromatic heterocycles. The van der Waals surface area contributed by atoms with Crippen LogP contribution < -0.4 is 14.7 Å². The molecule has 1 aliphatic rings. The molecule has 0 N–H and O–H groups in total. The number of anilines is 3. The van der Waals surface area contributed by atoms with Gasteiger partial charge in [0.15, 0.2) is 0 Å². The lowest BCUT2D eigenvalue weighted by Crippen LogP contribution is -2.35. The first-order chi connectivity index (χ1) is 12.0. The quantitative estimate of drug-likeness (QED) is 0.786. The van der Waals surface area contributed by atoms with Gasteiger partial charge >= 0.3 is 0 Å². The van der Waals surface area contributed by atoms with Crippen molar-refractivity contribution < 1.29 is 0 Å². The molecule has 1 unspecified atom stereocenters. The molecule has 0 spiro atoms. The zero-order valence-electron chi connectivity index (χ0n) is 14.6. The molecule has 1 aromatic carbocycles. The number of rotatable bonds is 4. The van der Waals surface area contributed by atoms with Crippen molar-refractivity contribution in [3.63, 3.8) is 0 Å². The van der Waals surface area contributed by atoms with Crippen LogP contribution in [0.4, 0.5) is 17.5 Å². The van der Waals surface area contributed by atoms with Gasteiger partial charge in [-0.1, -0.05) is 15.9 Å². The summed E-state index contributed by atoms with van der Waals surface area (Å²) in [4.78, 5) is 15.4. The second kappa shape index (κ2) is 7.28. The maximum Gasteiger partial charge on any atom is 0.226 e. The predicted octanol–water partition coefficient (Wildman–Crippen LogP) is 2.89. The van der Waals surface area contributed by atoms with Gasteiger partial charge in [0.1, 0.15) is 5.82 Å². The molecule has 0 amide bonds. The number of hydrogen-bond donors (Lipinski definition) is 0. The first-order valence-electron chi connectivity index (χ1n) is 8.17. The molecule has 2 aromatic rings. The number of hydrogen-bond acceptors (Lipinski definition) is 6. The number of nitrogens with zero attached hydrogens (tertiary/aromatic N) is 6. The predicted molar refractivity (Wildman–Crippen MR) is 104 cm³/mol. The van der Waals surface area contributed by atoms with Gasteiger partial charge in [0.2, 0.25) is 5.95 Å². The van der Waals surface area contributed by atoms with Crippen molar-refractivity contribution in [2.75, 3.05) is 48.9 Å². The van der Waals surface area contributed by atoms with Gasteiger partial charge < -0.3 is 14.7 Å². The van der Waals surface area contributed by atoms with Crippen LogP contribution in [0.3, 0.4) is 0 Å². The van der Waals surface area contributed by atoms with Crippen LogP contribution in [0.5, 0.6) is 0 Å². The number of likely N-dealkylation sites (N-methyl/N-ethyl adjacent to an activating group) is 1. The molecule has 0 aliphatic carbocycles. The zero-order chi connectivity index (χ0) is 18.0. The SMILES string of the molecule is CN(C)c1nccc(N(C)C2CCN(c3cc(Br)cc(C#N)c3)C2)n1. The minimum atomic E-state index is 0.370. The third-order valence-electron chi connectivity index (χ3n) is 4.48. The molecule has 1 saturated heterocycles. The van der Waals surface area contributed by atoms with E-state index in [0.717, 1.165) is 35.5 Å². The molecule has 1 aliphatic heterocycles.